The number of halogens is 1. The molecule has 6 rings (SSSR count). The summed E-state index contributed by atoms with van der Waals surface area (Å²) in [5.41, 5.74) is 3.78. The Bertz CT molecular complexity index is 1530. The van der Waals surface area contributed by atoms with Gasteiger partial charge < -0.3 is 19.9 Å². The second-order valence-corrected chi connectivity index (χ2v) is 10.2. The SMILES string of the molecule is O=C(NCCc1cccc2ccccc12)c1ccc(Oc2cc3c(cc2Cl)C(C(O)=C2CC2)CCO3)cc1. The third kappa shape index (κ3) is 5.07. The molecule has 0 saturated heterocycles. The lowest BCUT2D eigenvalue weighted by molar-refractivity contribution is 0.0954. The monoisotopic (exact) mass is 525 g/mol. The minimum Gasteiger partial charge on any atom is -0.512 e. The summed E-state index contributed by atoms with van der Waals surface area (Å²) in [6.45, 7) is 1.07. The molecule has 4 aromatic rings. The molecule has 1 heterocycles. The van der Waals surface area contributed by atoms with E-state index in [1.165, 1.54) is 16.3 Å². The second kappa shape index (κ2) is 10.4. The summed E-state index contributed by atoms with van der Waals surface area (Å²) in [5, 5.41) is 16.5. The van der Waals surface area contributed by atoms with E-state index >= 15 is 0 Å². The number of hydrogen-bond donors (Lipinski definition) is 2. The first-order valence-electron chi connectivity index (χ1n) is 13.0. The van der Waals surface area contributed by atoms with E-state index in [2.05, 4.69) is 29.6 Å². The molecule has 0 aromatic heterocycles. The fourth-order valence-corrected chi connectivity index (χ4v) is 5.25. The smallest absolute Gasteiger partial charge is 0.251 e. The molecule has 2 aliphatic rings. The summed E-state index contributed by atoms with van der Waals surface area (Å²) in [5.74, 6) is 1.96. The molecule has 38 heavy (non-hydrogen) atoms. The van der Waals surface area contributed by atoms with Crippen LogP contribution in [0.3, 0.4) is 0 Å². The standard InChI is InChI=1S/C32H28ClNO4/c33-28-18-27-26(31(35)22-8-9-22)15-17-37-29(27)19-30(28)38-24-12-10-23(11-13-24)32(36)34-16-14-21-6-3-5-20-4-1-2-7-25(20)21/h1-7,10-13,18-19,26,35H,8-9,14-17H2,(H,34,36). The van der Waals surface area contributed by atoms with Gasteiger partial charge in [0.25, 0.3) is 5.91 Å². The summed E-state index contributed by atoms with van der Waals surface area (Å²) in [4.78, 5) is 12.7. The largest absolute Gasteiger partial charge is 0.512 e. The zero-order chi connectivity index (χ0) is 26.1. The van der Waals surface area contributed by atoms with Crippen LogP contribution in [0.1, 0.15) is 46.7 Å². The van der Waals surface area contributed by atoms with Gasteiger partial charge in [0.05, 0.1) is 17.4 Å². The lowest BCUT2D eigenvalue weighted by Crippen LogP contribution is -2.25. The summed E-state index contributed by atoms with van der Waals surface area (Å²) >= 11 is 6.56. The first kappa shape index (κ1) is 24.4. The number of benzene rings is 4. The Morgan fingerprint density at radius 1 is 1.03 bits per heavy atom. The maximum Gasteiger partial charge on any atom is 0.251 e. The van der Waals surface area contributed by atoms with Crippen molar-refractivity contribution in [3.05, 3.63) is 112 Å². The van der Waals surface area contributed by atoms with Gasteiger partial charge in [0.1, 0.15) is 17.2 Å². The molecule has 1 aliphatic carbocycles. The summed E-state index contributed by atoms with van der Waals surface area (Å²) in [7, 11) is 0. The van der Waals surface area contributed by atoms with Crippen molar-refractivity contribution >= 4 is 28.3 Å². The highest BCUT2D eigenvalue weighted by molar-refractivity contribution is 6.32. The van der Waals surface area contributed by atoms with Crippen LogP contribution in [0.5, 0.6) is 17.2 Å². The number of aliphatic hydroxyl groups excluding tert-OH is 1. The van der Waals surface area contributed by atoms with Crippen molar-refractivity contribution in [3.63, 3.8) is 0 Å². The zero-order valence-electron chi connectivity index (χ0n) is 20.9. The Balaban J connectivity index is 1.09. The van der Waals surface area contributed by atoms with Crippen LogP contribution in [-0.2, 0) is 6.42 Å². The molecule has 4 aromatic carbocycles. The predicted molar refractivity (Wildman–Crippen MR) is 150 cm³/mol. The maximum atomic E-state index is 12.7. The molecule has 0 radical (unpaired) electrons. The Morgan fingerprint density at radius 3 is 2.63 bits per heavy atom. The molecule has 2 N–H and O–H groups in total. The fourth-order valence-electron chi connectivity index (χ4n) is 5.04. The molecule has 0 spiro atoms. The molecule has 1 atom stereocenters. The number of amides is 1. The average molecular weight is 526 g/mol. The molecule has 192 valence electrons. The van der Waals surface area contributed by atoms with Crippen molar-refractivity contribution in [2.24, 2.45) is 0 Å². The van der Waals surface area contributed by atoms with Crippen LogP contribution in [0, 0.1) is 0 Å². The fraction of sp³-hybridized carbons (Fsp3) is 0.219. The number of aliphatic hydroxyl groups is 1. The Labute approximate surface area is 226 Å². The van der Waals surface area contributed by atoms with E-state index in [4.69, 9.17) is 21.1 Å². The van der Waals surface area contributed by atoms with Crippen LogP contribution < -0.4 is 14.8 Å². The number of allylic oxidation sites excluding steroid dienone is 2. The number of carbonyl (C=O) groups is 1. The molecule has 1 aliphatic heterocycles. The number of ether oxygens (including phenoxy) is 2. The summed E-state index contributed by atoms with van der Waals surface area (Å²) in [6.07, 6.45) is 3.41. The molecular formula is C32H28ClNO4. The van der Waals surface area contributed by atoms with Crippen molar-refractivity contribution in [1.29, 1.82) is 0 Å². The van der Waals surface area contributed by atoms with Gasteiger partial charge in [0, 0.05) is 29.7 Å². The van der Waals surface area contributed by atoms with E-state index in [1.54, 1.807) is 30.3 Å². The second-order valence-electron chi connectivity index (χ2n) is 9.77. The molecule has 1 saturated carbocycles. The van der Waals surface area contributed by atoms with Gasteiger partial charge >= 0.3 is 0 Å². The number of hydrogen-bond acceptors (Lipinski definition) is 4. The van der Waals surface area contributed by atoms with Crippen LogP contribution in [0.25, 0.3) is 10.8 Å². The van der Waals surface area contributed by atoms with E-state index in [0.717, 1.165) is 36.8 Å². The molecule has 1 unspecified atom stereocenters. The van der Waals surface area contributed by atoms with Crippen molar-refractivity contribution < 1.29 is 19.4 Å². The molecule has 5 nitrogen and oxygen atoms in total. The lowest BCUT2D eigenvalue weighted by atomic mass is 9.90. The highest BCUT2D eigenvalue weighted by atomic mass is 35.5. The highest BCUT2D eigenvalue weighted by Crippen LogP contribution is 2.46. The molecule has 1 fully saturated rings. The lowest BCUT2D eigenvalue weighted by Gasteiger charge is -2.26. The number of nitrogens with one attached hydrogen (secondary N) is 1. The van der Waals surface area contributed by atoms with Crippen LogP contribution in [0.15, 0.2) is 90.2 Å². The summed E-state index contributed by atoms with van der Waals surface area (Å²) in [6, 6.07) is 25.1. The first-order chi connectivity index (χ1) is 18.6. The van der Waals surface area contributed by atoms with Crippen LogP contribution in [0.2, 0.25) is 5.02 Å². The van der Waals surface area contributed by atoms with Gasteiger partial charge in [0.15, 0.2) is 0 Å². The third-order valence-corrected chi connectivity index (χ3v) is 7.50. The quantitative estimate of drug-likeness (QED) is 0.242. The number of fused-ring (bicyclic) bond motifs is 2. The Kier molecular flexibility index (Phi) is 6.69. The molecule has 0 bridgehead atoms. The zero-order valence-corrected chi connectivity index (χ0v) is 21.6. The van der Waals surface area contributed by atoms with Crippen molar-refractivity contribution in [2.45, 2.75) is 31.6 Å². The number of rotatable bonds is 7. The van der Waals surface area contributed by atoms with Gasteiger partial charge in [-0.05, 0) is 77.9 Å². The van der Waals surface area contributed by atoms with Crippen LogP contribution in [-0.4, -0.2) is 24.2 Å². The van der Waals surface area contributed by atoms with Gasteiger partial charge in [-0.1, -0.05) is 54.1 Å². The van der Waals surface area contributed by atoms with Crippen molar-refractivity contribution in [1.82, 2.24) is 5.32 Å². The van der Waals surface area contributed by atoms with Gasteiger partial charge in [-0.15, -0.1) is 0 Å². The van der Waals surface area contributed by atoms with E-state index in [-0.39, 0.29) is 11.8 Å². The van der Waals surface area contributed by atoms with Gasteiger partial charge in [-0.3, -0.25) is 4.79 Å². The number of carbonyl (C=O) groups excluding carboxylic acids is 1. The molecular weight excluding hydrogens is 498 g/mol. The molecule has 6 heteroatoms. The topological polar surface area (TPSA) is 67.8 Å². The normalized spacial score (nSPS) is 15.9. The van der Waals surface area contributed by atoms with Crippen molar-refractivity contribution in [3.8, 4) is 17.2 Å². The Hall–Kier alpha value is -3.96. The molecule has 1 amide bonds. The predicted octanol–water partition coefficient (Wildman–Crippen LogP) is 7.73. The maximum absolute atomic E-state index is 12.7. The van der Waals surface area contributed by atoms with Crippen LogP contribution >= 0.6 is 11.6 Å². The minimum atomic E-state index is -0.132. The van der Waals surface area contributed by atoms with Crippen LogP contribution in [0.4, 0.5) is 0 Å². The van der Waals surface area contributed by atoms with Gasteiger partial charge in [-0.2, -0.15) is 0 Å². The van der Waals surface area contributed by atoms with Gasteiger partial charge in [0.2, 0.25) is 0 Å². The average Bonchev–Trinajstić information content (AvgIpc) is 3.79. The van der Waals surface area contributed by atoms with E-state index in [9.17, 15) is 9.90 Å². The Morgan fingerprint density at radius 2 is 1.82 bits per heavy atom. The summed E-state index contributed by atoms with van der Waals surface area (Å²) < 4.78 is 11.9. The van der Waals surface area contributed by atoms with E-state index in [1.807, 2.05) is 24.3 Å². The minimum absolute atomic E-state index is 0.0822. The highest BCUT2D eigenvalue weighted by Gasteiger charge is 2.31. The third-order valence-electron chi connectivity index (χ3n) is 7.20. The van der Waals surface area contributed by atoms with E-state index in [0.29, 0.717) is 46.7 Å². The van der Waals surface area contributed by atoms with E-state index < -0.39 is 0 Å². The van der Waals surface area contributed by atoms with Crippen molar-refractivity contribution in [2.75, 3.05) is 13.2 Å². The first-order valence-corrected chi connectivity index (χ1v) is 13.3. The van der Waals surface area contributed by atoms with Gasteiger partial charge in [-0.25, -0.2) is 0 Å².